The third kappa shape index (κ3) is 5.76. The van der Waals surface area contributed by atoms with E-state index in [9.17, 15) is 4.79 Å². The van der Waals surface area contributed by atoms with Crippen LogP contribution < -0.4 is 0 Å². The van der Waals surface area contributed by atoms with Crippen LogP contribution in [0.3, 0.4) is 0 Å². The van der Waals surface area contributed by atoms with Crippen LogP contribution in [-0.4, -0.2) is 12.6 Å². The molecule has 0 amide bonds. The average molecular weight is 427 g/mol. The van der Waals surface area contributed by atoms with Gasteiger partial charge in [-0.2, -0.15) is 0 Å². The molecule has 0 bridgehead atoms. The number of carbonyl (C=O) groups is 1. The van der Waals surface area contributed by atoms with Crippen molar-refractivity contribution in [3.8, 4) is 0 Å². The van der Waals surface area contributed by atoms with Gasteiger partial charge in [0.15, 0.2) is 0 Å². The maximum atomic E-state index is 12.9. The zero-order valence-electron chi connectivity index (χ0n) is 20.1. The molecule has 0 saturated heterocycles. The molecule has 2 atom stereocenters. The Hall–Kier alpha value is -3.13. The van der Waals surface area contributed by atoms with Crippen LogP contribution in [0.4, 0.5) is 0 Å². The molecule has 0 radical (unpaired) electrons. The molecular weight excluding hydrogens is 392 g/mol. The van der Waals surface area contributed by atoms with Crippen LogP contribution in [0.15, 0.2) is 78.9 Å². The first-order chi connectivity index (χ1) is 15.2. The van der Waals surface area contributed by atoms with Crippen molar-refractivity contribution in [1.29, 1.82) is 0 Å². The summed E-state index contributed by atoms with van der Waals surface area (Å²) in [5, 5.41) is 0. The zero-order valence-corrected chi connectivity index (χ0v) is 20.1. The highest BCUT2D eigenvalue weighted by Gasteiger charge is 2.28. The van der Waals surface area contributed by atoms with Gasteiger partial charge >= 0.3 is 5.97 Å². The average Bonchev–Trinajstić information content (AvgIpc) is 2.78. The number of rotatable bonds is 7. The smallest absolute Gasteiger partial charge is 0.313 e. The monoisotopic (exact) mass is 426 g/mol. The van der Waals surface area contributed by atoms with Gasteiger partial charge in [0.25, 0.3) is 0 Å². The molecule has 0 aliphatic heterocycles. The molecule has 0 aromatic heterocycles. The largest absolute Gasteiger partial charge is 0.464 e. The summed E-state index contributed by atoms with van der Waals surface area (Å²) in [5.74, 6) is -0.506. The molecule has 3 rings (SSSR count). The van der Waals surface area contributed by atoms with Crippen molar-refractivity contribution in [3.05, 3.63) is 112 Å². The first-order valence-corrected chi connectivity index (χ1v) is 11.2. The fourth-order valence-electron chi connectivity index (χ4n) is 3.86. The molecule has 3 aromatic carbocycles. The molecule has 0 heterocycles. The Morgan fingerprint density at radius 2 is 1.31 bits per heavy atom. The van der Waals surface area contributed by atoms with Gasteiger partial charge in [-0.3, -0.25) is 4.79 Å². The Morgan fingerprint density at radius 1 is 0.844 bits per heavy atom. The summed E-state index contributed by atoms with van der Waals surface area (Å²) < 4.78 is 5.91. The van der Waals surface area contributed by atoms with Crippen LogP contribution in [0, 0.1) is 20.8 Å². The van der Waals surface area contributed by atoms with E-state index < -0.39 is 5.41 Å². The molecule has 2 heteroatoms. The summed E-state index contributed by atoms with van der Waals surface area (Å²) in [6, 6.07) is 25.1. The summed E-state index contributed by atoms with van der Waals surface area (Å²) in [7, 11) is 0. The summed E-state index contributed by atoms with van der Waals surface area (Å²) in [5.41, 5.74) is 7.63. The minimum absolute atomic E-state index is 0.200. The lowest BCUT2D eigenvalue weighted by molar-refractivity contribution is -0.146. The molecule has 2 nitrogen and oxygen atoms in total. The molecule has 0 spiro atoms. The fraction of sp³-hybridized carbons (Fsp3) is 0.300. The SMILES string of the molecule is C/C(=C/C(C)(COC(=O)C(C)c1ccc(C)cc1)c1ccc(C)cc1)c1ccc(C)cc1. The van der Waals surface area contributed by atoms with Crippen LogP contribution in [0.2, 0.25) is 0 Å². The third-order valence-corrected chi connectivity index (χ3v) is 6.20. The lowest BCUT2D eigenvalue weighted by Gasteiger charge is -2.28. The Bertz CT molecular complexity index is 1070. The number of allylic oxidation sites excluding steroid dienone is 1. The van der Waals surface area contributed by atoms with Crippen molar-refractivity contribution >= 4 is 11.5 Å². The number of hydrogen-bond donors (Lipinski definition) is 0. The van der Waals surface area contributed by atoms with Crippen LogP contribution in [0.5, 0.6) is 0 Å². The van der Waals surface area contributed by atoms with E-state index in [0.29, 0.717) is 0 Å². The summed E-state index contributed by atoms with van der Waals surface area (Å²) in [6.45, 7) is 12.7. The minimum Gasteiger partial charge on any atom is -0.464 e. The van der Waals surface area contributed by atoms with Gasteiger partial charge in [0, 0.05) is 5.41 Å². The summed E-state index contributed by atoms with van der Waals surface area (Å²) in [6.07, 6.45) is 2.23. The molecule has 0 saturated carbocycles. The molecule has 0 fully saturated rings. The number of benzene rings is 3. The van der Waals surface area contributed by atoms with Gasteiger partial charge in [-0.05, 0) is 63.8 Å². The number of aryl methyl sites for hydroxylation is 3. The number of ether oxygens (including phenoxy) is 1. The Morgan fingerprint density at radius 3 is 1.84 bits per heavy atom. The van der Waals surface area contributed by atoms with Gasteiger partial charge in [-0.25, -0.2) is 0 Å². The normalized spacial score (nSPS) is 14.5. The van der Waals surface area contributed by atoms with Gasteiger partial charge < -0.3 is 4.74 Å². The highest BCUT2D eigenvalue weighted by molar-refractivity contribution is 5.78. The highest BCUT2D eigenvalue weighted by Crippen LogP contribution is 2.31. The van der Waals surface area contributed by atoms with E-state index in [4.69, 9.17) is 4.74 Å². The van der Waals surface area contributed by atoms with E-state index in [0.717, 1.165) is 16.7 Å². The molecular formula is C30H34O2. The predicted molar refractivity (Wildman–Crippen MR) is 134 cm³/mol. The predicted octanol–water partition coefficient (Wildman–Crippen LogP) is 7.32. The molecule has 2 unspecified atom stereocenters. The van der Waals surface area contributed by atoms with E-state index in [-0.39, 0.29) is 18.5 Å². The van der Waals surface area contributed by atoms with Crippen molar-refractivity contribution in [2.75, 3.05) is 6.61 Å². The van der Waals surface area contributed by atoms with Gasteiger partial charge in [0.1, 0.15) is 6.61 Å². The van der Waals surface area contributed by atoms with Crippen LogP contribution >= 0.6 is 0 Å². The molecule has 3 aromatic rings. The van der Waals surface area contributed by atoms with Crippen molar-refractivity contribution in [3.63, 3.8) is 0 Å². The fourth-order valence-corrected chi connectivity index (χ4v) is 3.86. The van der Waals surface area contributed by atoms with E-state index in [1.54, 1.807) is 0 Å². The molecule has 0 N–H and O–H groups in total. The number of carbonyl (C=O) groups excluding carboxylic acids is 1. The van der Waals surface area contributed by atoms with Crippen LogP contribution in [-0.2, 0) is 14.9 Å². The van der Waals surface area contributed by atoms with Gasteiger partial charge in [0.05, 0.1) is 5.92 Å². The lowest BCUT2D eigenvalue weighted by Crippen LogP contribution is -2.29. The highest BCUT2D eigenvalue weighted by atomic mass is 16.5. The van der Waals surface area contributed by atoms with Gasteiger partial charge in [-0.15, -0.1) is 0 Å². The molecule has 166 valence electrons. The number of hydrogen-bond acceptors (Lipinski definition) is 2. The second kappa shape index (κ2) is 9.99. The first kappa shape index (κ1) is 23.5. The van der Waals surface area contributed by atoms with Crippen molar-refractivity contribution in [1.82, 2.24) is 0 Å². The topological polar surface area (TPSA) is 26.3 Å². The van der Waals surface area contributed by atoms with Crippen LogP contribution in [0.25, 0.3) is 5.57 Å². The van der Waals surface area contributed by atoms with Gasteiger partial charge in [-0.1, -0.05) is 95.6 Å². The lowest BCUT2D eigenvalue weighted by atomic mass is 9.80. The van der Waals surface area contributed by atoms with E-state index in [2.05, 4.69) is 82.3 Å². The van der Waals surface area contributed by atoms with Gasteiger partial charge in [0.2, 0.25) is 0 Å². The Labute approximate surface area is 193 Å². The number of esters is 1. The van der Waals surface area contributed by atoms with Crippen molar-refractivity contribution < 1.29 is 9.53 Å². The molecule has 0 aliphatic carbocycles. The molecule has 32 heavy (non-hydrogen) atoms. The van der Waals surface area contributed by atoms with Crippen molar-refractivity contribution in [2.24, 2.45) is 0 Å². The quantitative estimate of drug-likeness (QED) is 0.370. The van der Waals surface area contributed by atoms with E-state index >= 15 is 0 Å². The van der Waals surface area contributed by atoms with E-state index in [1.807, 2.05) is 38.1 Å². The zero-order chi connectivity index (χ0) is 23.3. The maximum absolute atomic E-state index is 12.9. The molecule has 0 aliphatic rings. The Balaban J connectivity index is 1.86. The Kier molecular flexibility index (Phi) is 7.35. The second-order valence-corrected chi connectivity index (χ2v) is 9.22. The van der Waals surface area contributed by atoms with Crippen LogP contribution in [0.1, 0.15) is 60.1 Å². The first-order valence-electron chi connectivity index (χ1n) is 11.2. The third-order valence-electron chi connectivity index (χ3n) is 6.20. The van der Waals surface area contributed by atoms with Crippen molar-refractivity contribution in [2.45, 2.75) is 52.9 Å². The summed E-state index contributed by atoms with van der Waals surface area (Å²) >= 11 is 0. The van der Waals surface area contributed by atoms with E-state index in [1.165, 1.54) is 22.3 Å². The summed E-state index contributed by atoms with van der Waals surface area (Å²) in [4.78, 5) is 12.9. The maximum Gasteiger partial charge on any atom is 0.313 e. The second-order valence-electron chi connectivity index (χ2n) is 9.22. The standard InChI is InChI=1S/C30H34O2/c1-21-7-13-26(14-8-21)24(4)19-30(6,28-17-11-23(3)12-18-28)20-32-29(31)25(5)27-15-9-22(2)10-16-27/h7-19,25H,20H2,1-6H3/b24-19-. The minimum atomic E-state index is -0.439.